The van der Waals surface area contributed by atoms with Crippen molar-refractivity contribution in [1.29, 1.82) is 0 Å². The number of amides is 1. The van der Waals surface area contributed by atoms with Crippen LogP contribution in [-0.2, 0) is 17.8 Å². The molecule has 1 saturated heterocycles. The number of anilines is 3. The summed E-state index contributed by atoms with van der Waals surface area (Å²) in [5, 5.41) is 0. The zero-order valence-electron chi connectivity index (χ0n) is 21.1. The van der Waals surface area contributed by atoms with Gasteiger partial charge in [0.25, 0.3) is 5.91 Å². The van der Waals surface area contributed by atoms with Crippen molar-refractivity contribution in [3.05, 3.63) is 71.9 Å². The topological polar surface area (TPSA) is 65.0 Å². The minimum Gasteiger partial charge on any atom is -0.484 e. The molecule has 0 aliphatic carbocycles. The van der Waals surface area contributed by atoms with Crippen molar-refractivity contribution in [3.8, 4) is 5.75 Å². The number of aromatic nitrogens is 2. The van der Waals surface area contributed by atoms with E-state index in [-0.39, 0.29) is 12.5 Å². The van der Waals surface area contributed by atoms with Crippen molar-refractivity contribution in [1.82, 2.24) is 14.9 Å². The second-order valence-corrected chi connectivity index (χ2v) is 9.26. The highest BCUT2D eigenvalue weighted by atomic mass is 16.5. The van der Waals surface area contributed by atoms with Crippen LogP contribution in [0.5, 0.6) is 5.75 Å². The van der Waals surface area contributed by atoms with E-state index < -0.39 is 0 Å². The van der Waals surface area contributed by atoms with E-state index in [2.05, 4.69) is 59.0 Å². The van der Waals surface area contributed by atoms with Crippen LogP contribution in [0.25, 0.3) is 0 Å². The van der Waals surface area contributed by atoms with Gasteiger partial charge in [-0.25, -0.2) is 4.98 Å². The fourth-order valence-corrected chi connectivity index (χ4v) is 4.76. The van der Waals surface area contributed by atoms with Gasteiger partial charge in [-0.2, -0.15) is 4.98 Å². The summed E-state index contributed by atoms with van der Waals surface area (Å²) < 4.78 is 5.70. The van der Waals surface area contributed by atoms with Gasteiger partial charge in [0.15, 0.2) is 6.61 Å². The van der Waals surface area contributed by atoms with Gasteiger partial charge in [0.2, 0.25) is 5.95 Å². The van der Waals surface area contributed by atoms with E-state index >= 15 is 0 Å². The van der Waals surface area contributed by atoms with Crippen molar-refractivity contribution in [2.24, 2.45) is 0 Å². The summed E-state index contributed by atoms with van der Waals surface area (Å²) in [6, 6.07) is 20.0. The average Bonchev–Trinajstić information content (AvgIpc) is 2.95. The van der Waals surface area contributed by atoms with Crippen molar-refractivity contribution in [2.45, 2.75) is 19.9 Å². The predicted octanol–water partition coefficient (Wildman–Crippen LogP) is 3.22. The lowest BCUT2D eigenvalue weighted by atomic mass is 10.1. The third-order valence-corrected chi connectivity index (χ3v) is 7.00. The van der Waals surface area contributed by atoms with Crippen molar-refractivity contribution >= 4 is 23.4 Å². The van der Waals surface area contributed by atoms with Crippen LogP contribution >= 0.6 is 0 Å². The highest BCUT2D eigenvalue weighted by Crippen LogP contribution is 2.29. The zero-order chi connectivity index (χ0) is 24.9. The van der Waals surface area contributed by atoms with E-state index in [1.54, 1.807) is 0 Å². The molecule has 0 bridgehead atoms. The molecule has 188 valence electrons. The van der Waals surface area contributed by atoms with Gasteiger partial charge in [-0.1, -0.05) is 36.4 Å². The molecule has 0 radical (unpaired) electrons. The minimum atomic E-state index is -0.0179. The molecule has 2 aromatic carbocycles. The van der Waals surface area contributed by atoms with Gasteiger partial charge >= 0.3 is 0 Å². The summed E-state index contributed by atoms with van der Waals surface area (Å²) in [6.07, 6.45) is 0.719. The molecule has 3 aromatic rings. The third-order valence-electron chi connectivity index (χ3n) is 7.00. The fourth-order valence-electron chi connectivity index (χ4n) is 4.76. The van der Waals surface area contributed by atoms with Gasteiger partial charge in [0.05, 0.1) is 12.2 Å². The Kier molecular flexibility index (Phi) is 7.21. The molecule has 2 aliphatic rings. The molecule has 0 unspecified atom stereocenters. The van der Waals surface area contributed by atoms with Crippen LogP contribution in [0.3, 0.4) is 0 Å². The largest absolute Gasteiger partial charge is 0.484 e. The van der Waals surface area contributed by atoms with E-state index in [1.807, 2.05) is 35.2 Å². The summed E-state index contributed by atoms with van der Waals surface area (Å²) >= 11 is 0. The Hall–Kier alpha value is -3.81. The number of carbonyl (C=O) groups is 1. The van der Waals surface area contributed by atoms with E-state index in [0.717, 1.165) is 62.2 Å². The number of hydrogen-bond donors (Lipinski definition) is 0. The molecule has 0 saturated carbocycles. The summed E-state index contributed by atoms with van der Waals surface area (Å²) in [4.78, 5) is 31.7. The summed E-state index contributed by atoms with van der Waals surface area (Å²) in [5.74, 6) is 2.40. The van der Waals surface area contributed by atoms with Crippen LogP contribution in [0.15, 0.2) is 60.7 Å². The number of nitrogens with zero attached hydrogens (tertiary/aromatic N) is 6. The molecule has 1 aromatic heterocycles. The Bertz CT molecular complexity index is 1170. The van der Waals surface area contributed by atoms with Crippen molar-refractivity contribution in [2.75, 3.05) is 67.6 Å². The number of ether oxygens (including phenoxy) is 1. The van der Waals surface area contributed by atoms with Gasteiger partial charge in [0.1, 0.15) is 11.6 Å². The standard InChI is InChI=1S/C28H34N6O2/c1-3-31(2)27-24-20-34(26(35)21-36-23-12-8-5-9-13-23)15-14-25(24)29-28(30-27)33-18-16-32(17-19-33)22-10-6-4-7-11-22/h4-13H,3,14-21H2,1-2H3. The number of carbonyl (C=O) groups excluding carboxylic acids is 1. The van der Waals surface area contributed by atoms with Gasteiger partial charge in [0, 0.05) is 64.0 Å². The highest BCUT2D eigenvalue weighted by Gasteiger charge is 2.29. The lowest BCUT2D eigenvalue weighted by molar-refractivity contribution is -0.134. The highest BCUT2D eigenvalue weighted by molar-refractivity contribution is 5.78. The molecule has 0 spiro atoms. The Morgan fingerprint density at radius 2 is 1.58 bits per heavy atom. The Morgan fingerprint density at radius 1 is 0.917 bits per heavy atom. The number of piperazine rings is 1. The number of para-hydroxylation sites is 2. The first-order chi connectivity index (χ1) is 17.6. The molecule has 0 N–H and O–H groups in total. The molecular weight excluding hydrogens is 452 g/mol. The first-order valence-corrected chi connectivity index (χ1v) is 12.7. The number of benzene rings is 2. The third kappa shape index (κ3) is 5.22. The lowest BCUT2D eigenvalue weighted by Gasteiger charge is -2.37. The smallest absolute Gasteiger partial charge is 0.260 e. The molecule has 1 amide bonds. The molecule has 0 atom stereocenters. The minimum absolute atomic E-state index is 0.0179. The number of fused-ring (bicyclic) bond motifs is 1. The van der Waals surface area contributed by atoms with Crippen LogP contribution in [0.1, 0.15) is 18.2 Å². The van der Waals surface area contributed by atoms with Crippen molar-refractivity contribution in [3.63, 3.8) is 0 Å². The molecule has 8 heteroatoms. The average molecular weight is 487 g/mol. The normalized spacial score (nSPS) is 15.4. The Morgan fingerprint density at radius 3 is 2.28 bits per heavy atom. The maximum atomic E-state index is 12.9. The second kappa shape index (κ2) is 10.8. The predicted molar refractivity (Wildman–Crippen MR) is 143 cm³/mol. The number of hydrogen-bond acceptors (Lipinski definition) is 7. The van der Waals surface area contributed by atoms with E-state index in [4.69, 9.17) is 14.7 Å². The first kappa shape index (κ1) is 23.9. The monoisotopic (exact) mass is 486 g/mol. The molecule has 5 rings (SSSR count). The van der Waals surface area contributed by atoms with Crippen LogP contribution in [0, 0.1) is 0 Å². The van der Waals surface area contributed by atoms with Gasteiger partial charge in [-0.05, 0) is 31.2 Å². The molecule has 8 nitrogen and oxygen atoms in total. The summed E-state index contributed by atoms with van der Waals surface area (Å²) in [5.41, 5.74) is 3.36. The second-order valence-electron chi connectivity index (χ2n) is 9.26. The van der Waals surface area contributed by atoms with Crippen LogP contribution < -0.4 is 19.4 Å². The molecule has 36 heavy (non-hydrogen) atoms. The van der Waals surface area contributed by atoms with E-state index in [1.165, 1.54) is 5.69 Å². The van der Waals surface area contributed by atoms with E-state index in [0.29, 0.717) is 18.8 Å². The molecular formula is C28H34N6O2. The Balaban J connectivity index is 1.29. The van der Waals surface area contributed by atoms with Gasteiger partial charge < -0.3 is 24.3 Å². The first-order valence-electron chi connectivity index (χ1n) is 12.7. The fraction of sp³-hybridized carbons (Fsp3) is 0.393. The van der Waals surface area contributed by atoms with E-state index in [9.17, 15) is 4.79 Å². The maximum absolute atomic E-state index is 12.9. The van der Waals surface area contributed by atoms with Crippen LogP contribution in [0.4, 0.5) is 17.5 Å². The quantitative estimate of drug-likeness (QED) is 0.508. The molecule has 2 aliphatic heterocycles. The van der Waals surface area contributed by atoms with Gasteiger partial charge in [-0.3, -0.25) is 4.79 Å². The summed E-state index contributed by atoms with van der Waals surface area (Å²) in [7, 11) is 2.05. The SMILES string of the molecule is CCN(C)c1nc(N2CCN(c3ccccc3)CC2)nc2c1CN(C(=O)COc1ccccc1)CC2. The Labute approximate surface area is 213 Å². The van der Waals surface area contributed by atoms with Gasteiger partial charge in [-0.15, -0.1) is 0 Å². The van der Waals surface area contributed by atoms with Crippen LogP contribution in [0.2, 0.25) is 0 Å². The van der Waals surface area contributed by atoms with Crippen molar-refractivity contribution < 1.29 is 9.53 Å². The molecule has 1 fully saturated rings. The van der Waals surface area contributed by atoms with Crippen LogP contribution in [-0.4, -0.2) is 73.7 Å². The summed E-state index contributed by atoms with van der Waals surface area (Å²) in [6.45, 7) is 7.76. The number of rotatable bonds is 7. The lowest BCUT2D eigenvalue weighted by Crippen LogP contribution is -2.47. The maximum Gasteiger partial charge on any atom is 0.260 e. The molecule has 3 heterocycles. The zero-order valence-corrected chi connectivity index (χ0v) is 21.1.